The largest absolute Gasteiger partial charge is 0.488 e. The molecule has 1 unspecified atom stereocenters. The van der Waals surface area contributed by atoms with Crippen LogP contribution < -0.4 is 10.1 Å². The van der Waals surface area contributed by atoms with Crippen LogP contribution in [0.5, 0.6) is 5.75 Å². The molecule has 5 heteroatoms. The van der Waals surface area contributed by atoms with Gasteiger partial charge in [0, 0.05) is 39.0 Å². The van der Waals surface area contributed by atoms with E-state index in [1.54, 1.807) is 0 Å². The van der Waals surface area contributed by atoms with E-state index in [4.69, 9.17) is 9.73 Å². The first kappa shape index (κ1) is 16.4. The Kier molecular flexibility index (Phi) is 5.08. The molecule has 1 N–H and O–H groups in total. The quantitative estimate of drug-likeness (QED) is 0.678. The normalized spacial score (nSPS) is 16.6. The van der Waals surface area contributed by atoms with Crippen molar-refractivity contribution in [3.8, 4) is 5.75 Å². The van der Waals surface area contributed by atoms with Crippen LogP contribution >= 0.6 is 0 Å². The molecule has 1 aliphatic heterocycles. The van der Waals surface area contributed by atoms with Gasteiger partial charge in [-0.2, -0.15) is 0 Å². The number of hydrogen-bond donors (Lipinski definition) is 1. The number of nitrogens with one attached hydrogen (secondary N) is 1. The first-order valence-electron chi connectivity index (χ1n) is 8.51. The maximum atomic E-state index is 5.98. The summed E-state index contributed by atoms with van der Waals surface area (Å²) >= 11 is 0. The molecular weight excluding hydrogens is 300 g/mol. The van der Waals surface area contributed by atoms with E-state index in [0.717, 1.165) is 31.2 Å². The van der Waals surface area contributed by atoms with Gasteiger partial charge in [0.15, 0.2) is 5.96 Å². The molecule has 128 valence electrons. The highest BCUT2D eigenvalue weighted by atomic mass is 16.5. The summed E-state index contributed by atoms with van der Waals surface area (Å²) in [6.07, 6.45) is 3.12. The molecule has 0 saturated carbocycles. The van der Waals surface area contributed by atoms with Crippen molar-refractivity contribution in [2.24, 2.45) is 12.0 Å². The van der Waals surface area contributed by atoms with Crippen molar-refractivity contribution in [3.63, 3.8) is 0 Å². The molecule has 24 heavy (non-hydrogen) atoms. The molecule has 5 nitrogen and oxygen atoms in total. The number of hydrogen-bond acceptors (Lipinski definition) is 2. The van der Waals surface area contributed by atoms with Crippen LogP contribution in [0.4, 0.5) is 0 Å². The van der Waals surface area contributed by atoms with Crippen LogP contribution in [0.15, 0.2) is 47.6 Å². The maximum Gasteiger partial charge on any atom is 0.194 e. The van der Waals surface area contributed by atoms with E-state index in [2.05, 4.69) is 66.3 Å². The lowest BCUT2D eigenvalue weighted by Crippen LogP contribution is -2.39. The minimum Gasteiger partial charge on any atom is -0.488 e. The standard InChI is InChI=1S/C19H26N4O/c1-4-20-19(23(3)14-16-9-7-11-22(16)2)21-13-17-12-15-8-5-6-10-18(15)24-17/h5-11,17H,4,12-14H2,1-3H3,(H,20,21). The Morgan fingerprint density at radius 3 is 2.88 bits per heavy atom. The molecule has 0 aliphatic carbocycles. The number of aromatic nitrogens is 1. The van der Waals surface area contributed by atoms with Crippen molar-refractivity contribution in [2.75, 3.05) is 20.1 Å². The minimum atomic E-state index is 0.125. The Bertz CT molecular complexity index is 682. The van der Waals surface area contributed by atoms with Crippen LogP contribution in [-0.2, 0) is 20.0 Å². The molecule has 0 spiro atoms. The zero-order chi connectivity index (χ0) is 16.9. The lowest BCUT2D eigenvalue weighted by atomic mass is 10.1. The zero-order valence-corrected chi connectivity index (χ0v) is 14.7. The third-order valence-electron chi connectivity index (χ3n) is 4.31. The van der Waals surface area contributed by atoms with E-state index in [1.807, 2.05) is 12.1 Å². The van der Waals surface area contributed by atoms with Crippen molar-refractivity contribution >= 4 is 5.96 Å². The van der Waals surface area contributed by atoms with Crippen LogP contribution in [0.1, 0.15) is 18.2 Å². The van der Waals surface area contributed by atoms with Crippen molar-refractivity contribution in [1.82, 2.24) is 14.8 Å². The molecular formula is C19H26N4O. The predicted molar refractivity (Wildman–Crippen MR) is 97.4 cm³/mol. The molecule has 1 atom stereocenters. The molecule has 0 bridgehead atoms. The van der Waals surface area contributed by atoms with E-state index in [1.165, 1.54) is 11.3 Å². The van der Waals surface area contributed by atoms with Gasteiger partial charge in [-0.25, -0.2) is 4.99 Å². The summed E-state index contributed by atoms with van der Waals surface area (Å²) in [5.74, 6) is 1.91. The smallest absolute Gasteiger partial charge is 0.194 e. The van der Waals surface area contributed by atoms with Crippen LogP contribution in [0.25, 0.3) is 0 Å². The number of guanidine groups is 1. The predicted octanol–water partition coefficient (Wildman–Crippen LogP) is 2.43. The lowest BCUT2D eigenvalue weighted by molar-refractivity contribution is 0.241. The van der Waals surface area contributed by atoms with Gasteiger partial charge in [-0.15, -0.1) is 0 Å². The fourth-order valence-electron chi connectivity index (χ4n) is 2.99. The van der Waals surface area contributed by atoms with Crippen LogP contribution in [0.2, 0.25) is 0 Å². The molecule has 1 aromatic heterocycles. The van der Waals surface area contributed by atoms with Gasteiger partial charge in [-0.3, -0.25) is 0 Å². The number of rotatable bonds is 5. The highest BCUT2D eigenvalue weighted by Gasteiger charge is 2.22. The molecule has 1 aromatic carbocycles. The first-order chi connectivity index (χ1) is 11.7. The van der Waals surface area contributed by atoms with Crippen molar-refractivity contribution in [1.29, 1.82) is 0 Å². The Balaban J connectivity index is 1.63. The van der Waals surface area contributed by atoms with E-state index in [-0.39, 0.29) is 6.10 Å². The van der Waals surface area contributed by atoms with Crippen molar-refractivity contribution < 1.29 is 4.74 Å². The molecule has 0 saturated heterocycles. The fraction of sp³-hybridized carbons (Fsp3) is 0.421. The Morgan fingerprint density at radius 1 is 1.33 bits per heavy atom. The van der Waals surface area contributed by atoms with Crippen molar-refractivity contribution in [3.05, 3.63) is 53.9 Å². The Hall–Kier alpha value is -2.43. The van der Waals surface area contributed by atoms with Crippen molar-refractivity contribution in [2.45, 2.75) is 26.0 Å². The van der Waals surface area contributed by atoms with Gasteiger partial charge in [0.1, 0.15) is 11.9 Å². The monoisotopic (exact) mass is 326 g/mol. The van der Waals surface area contributed by atoms with Gasteiger partial charge in [-0.05, 0) is 30.7 Å². The molecule has 1 aliphatic rings. The number of aryl methyl sites for hydroxylation is 1. The fourth-order valence-corrected chi connectivity index (χ4v) is 2.99. The first-order valence-corrected chi connectivity index (χ1v) is 8.51. The minimum absolute atomic E-state index is 0.125. The maximum absolute atomic E-state index is 5.98. The average molecular weight is 326 g/mol. The molecule has 3 rings (SSSR count). The number of ether oxygens (including phenoxy) is 1. The van der Waals surface area contributed by atoms with Crippen LogP contribution in [0.3, 0.4) is 0 Å². The summed E-state index contributed by atoms with van der Waals surface area (Å²) < 4.78 is 8.12. The van der Waals surface area contributed by atoms with Crippen LogP contribution in [-0.4, -0.2) is 41.7 Å². The summed E-state index contributed by atoms with van der Waals surface area (Å²) in [4.78, 5) is 6.94. The van der Waals surface area contributed by atoms with Gasteiger partial charge >= 0.3 is 0 Å². The topological polar surface area (TPSA) is 41.8 Å². The molecule has 2 aromatic rings. The third kappa shape index (κ3) is 3.72. The Morgan fingerprint density at radius 2 is 2.17 bits per heavy atom. The lowest BCUT2D eigenvalue weighted by Gasteiger charge is -2.23. The van der Waals surface area contributed by atoms with E-state index in [9.17, 15) is 0 Å². The molecule has 0 radical (unpaired) electrons. The summed E-state index contributed by atoms with van der Waals surface area (Å²) in [7, 11) is 4.13. The molecule has 2 heterocycles. The second kappa shape index (κ2) is 7.43. The highest BCUT2D eigenvalue weighted by Crippen LogP contribution is 2.28. The number of fused-ring (bicyclic) bond motifs is 1. The van der Waals surface area contributed by atoms with Gasteiger partial charge < -0.3 is 19.5 Å². The average Bonchev–Trinajstić information content (AvgIpc) is 3.17. The zero-order valence-electron chi connectivity index (χ0n) is 14.7. The van der Waals surface area contributed by atoms with E-state index in [0.29, 0.717) is 6.54 Å². The summed E-state index contributed by atoms with van der Waals surface area (Å²) in [6.45, 7) is 4.42. The van der Waals surface area contributed by atoms with Gasteiger partial charge in [0.25, 0.3) is 0 Å². The van der Waals surface area contributed by atoms with Gasteiger partial charge in [0.05, 0.1) is 13.1 Å². The highest BCUT2D eigenvalue weighted by molar-refractivity contribution is 5.79. The summed E-state index contributed by atoms with van der Waals surface area (Å²) in [6, 6.07) is 12.4. The molecule has 0 amide bonds. The number of para-hydroxylation sites is 1. The molecule has 0 fully saturated rings. The number of nitrogens with zero attached hydrogens (tertiary/aromatic N) is 3. The van der Waals surface area contributed by atoms with Crippen LogP contribution in [0, 0.1) is 0 Å². The Labute approximate surface area is 144 Å². The summed E-state index contributed by atoms with van der Waals surface area (Å²) in [5, 5.41) is 3.37. The van der Waals surface area contributed by atoms with E-state index < -0.39 is 0 Å². The number of aliphatic imine (C=N–C) groups is 1. The van der Waals surface area contributed by atoms with E-state index >= 15 is 0 Å². The SMILES string of the molecule is CCNC(=NCC1Cc2ccccc2O1)N(C)Cc1cccn1C. The summed E-state index contributed by atoms with van der Waals surface area (Å²) in [5.41, 5.74) is 2.53. The third-order valence-corrected chi connectivity index (χ3v) is 4.31. The second-order valence-corrected chi connectivity index (χ2v) is 6.21. The second-order valence-electron chi connectivity index (χ2n) is 6.21. The van der Waals surface area contributed by atoms with Gasteiger partial charge in [-0.1, -0.05) is 18.2 Å². The van der Waals surface area contributed by atoms with Gasteiger partial charge in [0.2, 0.25) is 0 Å². The number of benzene rings is 1.